The molecule has 5 heteroatoms. The molecule has 0 aromatic rings. The van der Waals surface area contributed by atoms with E-state index in [1.165, 1.54) is 0 Å². The van der Waals surface area contributed by atoms with E-state index in [9.17, 15) is 4.79 Å². The zero-order chi connectivity index (χ0) is 8.53. The van der Waals surface area contributed by atoms with Crippen LogP contribution in [0.4, 0.5) is 0 Å². The molecule has 0 aromatic heterocycles. The van der Waals surface area contributed by atoms with E-state index in [-0.39, 0.29) is 6.61 Å². The summed E-state index contributed by atoms with van der Waals surface area (Å²) in [6, 6.07) is 0. The fourth-order valence-electron chi connectivity index (χ4n) is 0.434. The topological polar surface area (TPSA) is 55.8 Å². The lowest BCUT2D eigenvalue weighted by molar-refractivity contribution is -0.142. The number of carboxylic acids is 1. The molecule has 0 heterocycles. The first kappa shape index (κ1) is 10.7. The van der Waals surface area contributed by atoms with E-state index in [2.05, 4.69) is 4.74 Å². The summed E-state index contributed by atoms with van der Waals surface area (Å²) in [5.41, 5.74) is 0. The summed E-state index contributed by atoms with van der Waals surface area (Å²) in [4.78, 5) is 9.90. The van der Waals surface area contributed by atoms with Crippen molar-refractivity contribution in [2.75, 3.05) is 32.3 Å². The molecule has 0 spiro atoms. The highest BCUT2D eigenvalue weighted by Gasteiger charge is 1.94. The van der Waals surface area contributed by atoms with Crippen molar-refractivity contribution < 1.29 is 19.4 Å². The van der Waals surface area contributed by atoms with Gasteiger partial charge in [-0.3, -0.25) is 0 Å². The van der Waals surface area contributed by atoms with Gasteiger partial charge in [0.2, 0.25) is 0 Å². The van der Waals surface area contributed by atoms with E-state index < -0.39 is 5.97 Å². The Labute approximate surface area is 70.1 Å². The summed E-state index contributed by atoms with van der Waals surface area (Å²) in [6.45, 7) is 0.880. The third-order valence-electron chi connectivity index (χ3n) is 0.819. The predicted molar refractivity (Wildman–Crippen MR) is 40.0 cm³/mol. The maximum Gasteiger partial charge on any atom is 0.329 e. The van der Waals surface area contributed by atoms with E-state index in [0.717, 1.165) is 0 Å². The molecule has 0 aliphatic rings. The zero-order valence-electron chi connectivity index (χ0n) is 6.09. The van der Waals surface area contributed by atoms with Gasteiger partial charge in [0.15, 0.2) is 0 Å². The second kappa shape index (κ2) is 7.78. The van der Waals surface area contributed by atoms with Crippen molar-refractivity contribution in [3.8, 4) is 0 Å². The highest BCUT2D eigenvalue weighted by molar-refractivity contribution is 6.17. The Bertz CT molecular complexity index is 107. The second-order valence-corrected chi connectivity index (χ2v) is 2.13. The van der Waals surface area contributed by atoms with Crippen LogP contribution in [0, 0.1) is 0 Å². The largest absolute Gasteiger partial charge is 0.480 e. The van der Waals surface area contributed by atoms with Crippen LogP contribution in [0.15, 0.2) is 0 Å². The average Bonchev–Trinajstić information content (AvgIpc) is 1.96. The molecule has 0 unspecified atom stereocenters. The Balaban J connectivity index is 2.85. The highest BCUT2D eigenvalue weighted by atomic mass is 35.5. The van der Waals surface area contributed by atoms with Crippen molar-refractivity contribution in [3.05, 3.63) is 0 Å². The molecular weight excluding hydrogens is 172 g/mol. The Morgan fingerprint density at radius 1 is 1.27 bits per heavy atom. The van der Waals surface area contributed by atoms with Crippen LogP contribution in [0.25, 0.3) is 0 Å². The molecule has 66 valence electrons. The number of carboxylic acid groups (broad SMARTS) is 1. The Kier molecular flexibility index (Phi) is 7.56. The molecule has 0 bridgehead atoms. The van der Waals surface area contributed by atoms with Crippen molar-refractivity contribution in [3.63, 3.8) is 0 Å². The van der Waals surface area contributed by atoms with E-state index in [0.29, 0.717) is 25.7 Å². The number of hydrogen-bond acceptors (Lipinski definition) is 3. The van der Waals surface area contributed by atoms with Crippen molar-refractivity contribution >= 4 is 17.6 Å². The first-order chi connectivity index (χ1) is 5.27. The Hall–Kier alpha value is -0.320. The second-order valence-electron chi connectivity index (χ2n) is 1.75. The summed E-state index contributed by atoms with van der Waals surface area (Å²) >= 11 is 5.30. The summed E-state index contributed by atoms with van der Waals surface area (Å²) < 4.78 is 9.59. The summed E-state index contributed by atoms with van der Waals surface area (Å²) in [5.74, 6) is -0.527. The average molecular weight is 183 g/mol. The van der Waals surface area contributed by atoms with Gasteiger partial charge in [-0.05, 0) is 0 Å². The summed E-state index contributed by atoms with van der Waals surface area (Å²) in [5, 5.41) is 8.13. The van der Waals surface area contributed by atoms with E-state index in [4.69, 9.17) is 21.4 Å². The first-order valence-corrected chi connectivity index (χ1v) is 3.74. The normalized spacial score (nSPS) is 9.91. The molecule has 11 heavy (non-hydrogen) atoms. The van der Waals surface area contributed by atoms with Gasteiger partial charge in [-0.15, -0.1) is 11.6 Å². The van der Waals surface area contributed by atoms with Crippen molar-refractivity contribution in [2.24, 2.45) is 0 Å². The molecule has 0 atom stereocenters. The van der Waals surface area contributed by atoms with Gasteiger partial charge >= 0.3 is 5.97 Å². The number of hydrogen-bond donors (Lipinski definition) is 1. The van der Waals surface area contributed by atoms with Gasteiger partial charge in [0, 0.05) is 5.88 Å². The fourth-order valence-corrected chi connectivity index (χ4v) is 0.543. The van der Waals surface area contributed by atoms with E-state index >= 15 is 0 Å². The van der Waals surface area contributed by atoms with E-state index in [1.54, 1.807) is 0 Å². The van der Waals surface area contributed by atoms with Gasteiger partial charge < -0.3 is 14.6 Å². The molecule has 0 saturated heterocycles. The lowest BCUT2D eigenvalue weighted by atomic mass is 10.7. The van der Waals surface area contributed by atoms with Crippen molar-refractivity contribution in [1.82, 2.24) is 0 Å². The monoisotopic (exact) mass is 182 g/mol. The third kappa shape index (κ3) is 9.68. The number of alkyl halides is 1. The molecule has 0 saturated carbocycles. The van der Waals surface area contributed by atoms with Crippen molar-refractivity contribution in [1.29, 1.82) is 0 Å². The van der Waals surface area contributed by atoms with Crippen LogP contribution in [-0.4, -0.2) is 43.4 Å². The number of halogens is 1. The maximum atomic E-state index is 9.90. The molecule has 0 aliphatic heterocycles. The van der Waals surface area contributed by atoms with Gasteiger partial charge in [0.1, 0.15) is 6.61 Å². The molecule has 0 aliphatic carbocycles. The van der Waals surface area contributed by atoms with Crippen LogP contribution >= 0.6 is 11.6 Å². The Morgan fingerprint density at radius 3 is 2.45 bits per heavy atom. The fraction of sp³-hybridized carbons (Fsp3) is 0.833. The van der Waals surface area contributed by atoms with Crippen molar-refractivity contribution in [2.45, 2.75) is 0 Å². The molecule has 0 radical (unpaired) electrons. The Morgan fingerprint density at radius 2 is 1.91 bits per heavy atom. The smallest absolute Gasteiger partial charge is 0.329 e. The summed E-state index contributed by atoms with van der Waals surface area (Å²) in [7, 11) is 0. The number of ether oxygens (including phenoxy) is 2. The summed E-state index contributed by atoms with van der Waals surface area (Å²) in [6.07, 6.45) is 0. The van der Waals surface area contributed by atoms with Gasteiger partial charge in [0.05, 0.1) is 19.8 Å². The minimum absolute atomic E-state index is 0.274. The van der Waals surface area contributed by atoms with Crippen LogP contribution in [0.1, 0.15) is 0 Å². The molecular formula is C6H11ClO4. The quantitative estimate of drug-likeness (QED) is 0.456. The molecule has 0 rings (SSSR count). The molecule has 4 nitrogen and oxygen atoms in total. The molecule has 0 fully saturated rings. The molecule has 0 amide bonds. The SMILES string of the molecule is O=C(O)COCCOCCCl. The third-order valence-corrected chi connectivity index (χ3v) is 0.973. The van der Waals surface area contributed by atoms with Crippen LogP contribution in [-0.2, 0) is 14.3 Å². The molecule has 0 aromatic carbocycles. The van der Waals surface area contributed by atoms with Gasteiger partial charge in [0.25, 0.3) is 0 Å². The minimum atomic E-state index is -0.970. The minimum Gasteiger partial charge on any atom is -0.480 e. The number of aliphatic carboxylic acids is 1. The van der Waals surface area contributed by atoms with E-state index in [1.807, 2.05) is 0 Å². The zero-order valence-corrected chi connectivity index (χ0v) is 6.84. The standard InChI is InChI=1S/C6H11ClO4/c7-1-2-10-3-4-11-5-6(8)9/h1-5H2,(H,8,9). The van der Waals surface area contributed by atoms with Crippen LogP contribution < -0.4 is 0 Å². The maximum absolute atomic E-state index is 9.90. The van der Waals surface area contributed by atoms with Gasteiger partial charge in [-0.2, -0.15) is 0 Å². The number of carbonyl (C=O) groups is 1. The van der Waals surface area contributed by atoms with Crippen LogP contribution in [0.5, 0.6) is 0 Å². The van der Waals surface area contributed by atoms with Crippen LogP contribution in [0.3, 0.4) is 0 Å². The lowest BCUT2D eigenvalue weighted by Crippen LogP contribution is -2.11. The van der Waals surface area contributed by atoms with Crippen LogP contribution in [0.2, 0.25) is 0 Å². The highest BCUT2D eigenvalue weighted by Crippen LogP contribution is 1.80. The van der Waals surface area contributed by atoms with Gasteiger partial charge in [-0.1, -0.05) is 0 Å². The van der Waals surface area contributed by atoms with Gasteiger partial charge in [-0.25, -0.2) is 4.79 Å². The first-order valence-electron chi connectivity index (χ1n) is 3.20. The number of rotatable bonds is 7. The molecule has 1 N–H and O–H groups in total. The predicted octanol–water partition coefficient (Wildman–Crippen LogP) is 0.343. The lowest BCUT2D eigenvalue weighted by Gasteiger charge is -2.00.